The van der Waals surface area contributed by atoms with E-state index in [4.69, 9.17) is 28.3 Å². The van der Waals surface area contributed by atoms with Crippen molar-refractivity contribution >= 4 is 39.9 Å². The van der Waals surface area contributed by atoms with E-state index in [1.165, 1.54) is 12.3 Å². The van der Waals surface area contributed by atoms with E-state index in [1.54, 1.807) is 6.07 Å². The Bertz CT molecular complexity index is 522. The van der Waals surface area contributed by atoms with Gasteiger partial charge < -0.3 is 14.4 Å². The van der Waals surface area contributed by atoms with E-state index in [9.17, 15) is 4.79 Å². The number of aromatic nitrogens is 2. The summed E-state index contributed by atoms with van der Waals surface area (Å²) in [5.74, 6) is 0.590. The van der Waals surface area contributed by atoms with Gasteiger partial charge in [-0.3, -0.25) is 4.79 Å². The highest BCUT2D eigenvalue weighted by Crippen LogP contribution is 2.12. The second-order valence-corrected chi connectivity index (χ2v) is 3.43. The zero-order chi connectivity index (χ0) is 11.5. The minimum Gasteiger partial charge on any atom is -0.354 e. The Morgan fingerprint density at radius 2 is 2.25 bits per heavy atom. The van der Waals surface area contributed by atoms with Gasteiger partial charge in [0.15, 0.2) is 16.6 Å². The standard InChI is InChI=1S/C8H4ClN3O3S/c9-7(13)5-3-6(12-15-5)11-8(16)4-1-2-10-14-4/h1-3H,(H,11,12,16). The molecule has 0 amide bonds. The molecule has 0 bridgehead atoms. The fourth-order valence-corrected chi connectivity index (χ4v) is 1.24. The van der Waals surface area contributed by atoms with Gasteiger partial charge in [0, 0.05) is 12.1 Å². The van der Waals surface area contributed by atoms with Gasteiger partial charge in [-0.25, -0.2) is 0 Å². The van der Waals surface area contributed by atoms with Gasteiger partial charge in [-0.2, -0.15) is 0 Å². The SMILES string of the molecule is O=C(Cl)c1cc(NC(=S)c2ccno2)no1. The Balaban J connectivity index is 2.09. The van der Waals surface area contributed by atoms with Crippen LogP contribution >= 0.6 is 23.8 Å². The summed E-state index contributed by atoms with van der Waals surface area (Å²) in [6.45, 7) is 0. The summed E-state index contributed by atoms with van der Waals surface area (Å²) in [6.07, 6.45) is 1.46. The van der Waals surface area contributed by atoms with Crippen LogP contribution in [0.1, 0.15) is 16.3 Å². The number of anilines is 1. The number of carbonyl (C=O) groups excluding carboxylic acids is 1. The van der Waals surface area contributed by atoms with Crippen LogP contribution in [0.2, 0.25) is 0 Å². The molecule has 6 nitrogen and oxygen atoms in total. The summed E-state index contributed by atoms with van der Waals surface area (Å²) in [7, 11) is 0. The molecule has 0 fully saturated rings. The lowest BCUT2D eigenvalue weighted by molar-refractivity contribution is 0.104. The van der Waals surface area contributed by atoms with Gasteiger partial charge in [0.05, 0.1) is 6.20 Å². The van der Waals surface area contributed by atoms with Crippen molar-refractivity contribution in [2.75, 3.05) is 5.32 Å². The normalized spacial score (nSPS) is 10.1. The van der Waals surface area contributed by atoms with E-state index in [1.807, 2.05) is 0 Å². The van der Waals surface area contributed by atoms with Crippen LogP contribution in [-0.2, 0) is 0 Å². The highest BCUT2D eigenvalue weighted by atomic mass is 35.5. The molecule has 2 aromatic heterocycles. The Hall–Kier alpha value is -1.73. The number of thiocarbonyl (C=S) groups is 1. The van der Waals surface area contributed by atoms with Crippen molar-refractivity contribution in [2.24, 2.45) is 0 Å². The van der Waals surface area contributed by atoms with Crippen molar-refractivity contribution in [2.45, 2.75) is 0 Å². The van der Waals surface area contributed by atoms with Gasteiger partial charge in [-0.1, -0.05) is 22.5 Å². The molecule has 0 atom stereocenters. The molecule has 0 saturated carbocycles. The number of carbonyl (C=O) groups is 1. The zero-order valence-electron chi connectivity index (χ0n) is 7.64. The van der Waals surface area contributed by atoms with Crippen LogP contribution in [0.25, 0.3) is 0 Å². The quantitative estimate of drug-likeness (QED) is 0.663. The molecule has 0 spiro atoms. The van der Waals surface area contributed by atoms with Crippen molar-refractivity contribution in [1.29, 1.82) is 0 Å². The van der Waals surface area contributed by atoms with Gasteiger partial charge in [-0.15, -0.1) is 0 Å². The van der Waals surface area contributed by atoms with Crippen LogP contribution in [0.15, 0.2) is 27.4 Å². The first-order chi connectivity index (χ1) is 7.66. The molecule has 0 unspecified atom stereocenters. The third-order valence-electron chi connectivity index (χ3n) is 1.61. The van der Waals surface area contributed by atoms with Crippen LogP contribution in [0.3, 0.4) is 0 Å². The summed E-state index contributed by atoms with van der Waals surface area (Å²) in [4.78, 5) is 11.0. The predicted octanol–water partition coefficient (Wildman–Crippen LogP) is 1.83. The fourth-order valence-electron chi connectivity index (χ4n) is 0.938. The molecule has 0 aliphatic rings. The molecule has 0 saturated heterocycles. The minimum absolute atomic E-state index is 0.0652. The van der Waals surface area contributed by atoms with Crippen LogP contribution in [0.5, 0.6) is 0 Å². The second kappa shape index (κ2) is 4.42. The van der Waals surface area contributed by atoms with Crippen molar-refractivity contribution < 1.29 is 13.8 Å². The molecular weight excluding hydrogens is 254 g/mol. The Morgan fingerprint density at radius 3 is 2.81 bits per heavy atom. The maximum atomic E-state index is 10.7. The summed E-state index contributed by atoms with van der Waals surface area (Å²) in [5.41, 5.74) is 0. The van der Waals surface area contributed by atoms with Crippen LogP contribution in [0.4, 0.5) is 5.82 Å². The van der Waals surface area contributed by atoms with Crippen molar-refractivity contribution in [3.63, 3.8) is 0 Å². The van der Waals surface area contributed by atoms with Gasteiger partial charge in [0.25, 0.3) is 5.24 Å². The number of rotatable bonds is 3. The molecule has 0 radical (unpaired) electrons. The van der Waals surface area contributed by atoms with Gasteiger partial charge in [-0.05, 0) is 11.6 Å². The smallest absolute Gasteiger partial charge is 0.290 e. The lowest BCUT2D eigenvalue weighted by Crippen LogP contribution is -2.09. The first kappa shape index (κ1) is 10.8. The first-order valence-electron chi connectivity index (χ1n) is 4.05. The van der Waals surface area contributed by atoms with Gasteiger partial charge >= 0.3 is 0 Å². The molecule has 16 heavy (non-hydrogen) atoms. The molecule has 1 N–H and O–H groups in total. The largest absolute Gasteiger partial charge is 0.354 e. The lowest BCUT2D eigenvalue weighted by atomic mass is 10.4. The molecule has 2 aromatic rings. The summed E-state index contributed by atoms with van der Waals surface area (Å²) in [6, 6.07) is 2.92. The fraction of sp³-hybridized carbons (Fsp3) is 0. The van der Waals surface area contributed by atoms with Crippen molar-refractivity contribution in [1.82, 2.24) is 10.3 Å². The Morgan fingerprint density at radius 1 is 1.44 bits per heavy atom. The topological polar surface area (TPSA) is 81.2 Å². The summed E-state index contributed by atoms with van der Waals surface area (Å²) in [5, 5.41) is 9.01. The second-order valence-electron chi connectivity index (χ2n) is 2.68. The van der Waals surface area contributed by atoms with Gasteiger partial charge in [0.2, 0.25) is 5.76 Å². The van der Waals surface area contributed by atoms with E-state index in [2.05, 4.69) is 20.2 Å². The van der Waals surface area contributed by atoms with E-state index in [0.717, 1.165) is 0 Å². The molecule has 8 heteroatoms. The van der Waals surface area contributed by atoms with Crippen molar-refractivity contribution in [3.8, 4) is 0 Å². The highest BCUT2D eigenvalue weighted by Gasteiger charge is 2.12. The number of hydrogen-bond donors (Lipinski definition) is 1. The first-order valence-corrected chi connectivity index (χ1v) is 4.84. The molecule has 0 aromatic carbocycles. The van der Waals surface area contributed by atoms with E-state index in [0.29, 0.717) is 5.76 Å². The third-order valence-corrected chi connectivity index (χ3v) is 2.10. The van der Waals surface area contributed by atoms with E-state index in [-0.39, 0.29) is 16.6 Å². The number of halogens is 1. The predicted molar refractivity (Wildman–Crippen MR) is 58.5 cm³/mol. The van der Waals surface area contributed by atoms with E-state index >= 15 is 0 Å². The average molecular weight is 258 g/mol. The van der Waals surface area contributed by atoms with Crippen LogP contribution in [-0.4, -0.2) is 20.5 Å². The molecule has 0 aliphatic carbocycles. The van der Waals surface area contributed by atoms with Gasteiger partial charge in [0.1, 0.15) is 0 Å². The third kappa shape index (κ3) is 2.26. The highest BCUT2D eigenvalue weighted by molar-refractivity contribution is 7.81. The Labute approximate surface area is 99.5 Å². The lowest BCUT2D eigenvalue weighted by Gasteiger charge is -1.97. The number of hydrogen-bond acceptors (Lipinski definition) is 6. The van der Waals surface area contributed by atoms with Crippen LogP contribution < -0.4 is 5.32 Å². The molecule has 0 aliphatic heterocycles. The number of nitrogens with zero attached hydrogens (tertiary/aromatic N) is 2. The maximum absolute atomic E-state index is 10.7. The van der Waals surface area contributed by atoms with Crippen molar-refractivity contribution in [3.05, 3.63) is 29.9 Å². The van der Waals surface area contributed by atoms with Crippen LogP contribution in [0, 0.1) is 0 Å². The monoisotopic (exact) mass is 257 g/mol. The summed E-state index contributed by atoms with van der Waals surface area (Å²) < 4.78 is 9.46. The average Bonchev–Trinajstić information content (AvgIpc) is 2.87. The maximum Gasteiger partial charge on any atom is 0.290 e. The molecule has 2 heterocycles. The summed E-state index contributed by atoms with van der Waals surface area (Å²) >= 11 is 10.2. The number of nitrogens with one attached hydrogen (secondary N) is 1. The zero-order valence-corrected chi connectivity index (χ0v) is 9.21. The molecular formula is C8H4ClN3O3S. The van der Waals surface area contributed by atoms with E-state index < -0.39 is 5.24 Å². The Kier molecular flexibility index (Phi) is 2.97. The molecule has 82 valence electrons. The molecule has 2 rings (SSSR count). The minimum atomic E-state index is -0.730.